The van der Waals surface area contributed by atoms with Gasteiger partial charge in [-0.1, -0.05) is 12.8 Å². The number of halogens is 2. The molecule has 2 aliphatic heterocycles. The van der Waals surface area contributed by atoms with Crippen molar-refractivity contribution >= 4 is 42.9 Å². The fourth-order valence-corrected chi connectivity index (χ4v) is 11.1. The highest BCUT2D eigenvalue weighted by Gasteiger charge is 2.76. The van der Waals surface area contributed by atoms with Crippen molar-refractivity contribution in [2.45, 2.75) is 35.1 Å². The molecule has 0 aromatic rings. The summed E-state index contributed by atoms with van der Waals surface area (Å²) in [5.74, 6) is -0.257. The average molecular weight is 333 g/mol. The Morgan fingerprint density at radius 3 is 1.72 bits per heavy atom. The molecule has 0 aromatic heterocycles. The fraction of sp³-hybridized carbons (Fsp3) is 1.00. The van der Waals surface area contributed by atoms with Gasteiger partial charge in [-0.25, -0.2) is 16.8 Å². The van der Waals surface area contributed by atoms with Gasteiger partial charge in [0.05, 0.1) is 11.5 Å². The van der Waals surface area contributed by atoms with Crippen LogP contribution in [0, 0.1) is 10.8 Å². The summed E-state index contributed by atoms with van der Waals surface area (Å²) in [5.41, 5.74) is -1.73. The van der Waals surface area contributed by atoms with Crippen molar-refractivity contribution in [2.75, 3.05) is 11.5 Å². The van der Waals surface area contributed by atoms with Crippen LogP contribution in [0.2, 0.25) is 0 Å². The van der Waals surface area contributed by atoms with Gasteiger partial charge >= 0.3 is 0 Å². The lowest BCUT2D eigenvalue weighted by Crippen LogP contribution is -2.47. The Morgan fingerprint density at radius 1 is 0.833 bits per heavy atom. The molecule has 18 heavy (non-hydrogen) atoms. The average Bonchev–Trinajstić information content (AvgIpc) is 2.53. The van der Waals surface area contributed by atoms with E-state index in [-0.39, 0.29) is 11.5 Å². The summed E-state index contributed by atoms with van der Waals surface area (Å²) in [6.07, 6.45) is 2.73. The molecule has 3 rings (SSSR count). The van der Waals surface area contributed by atoms with Crippen molar-refractivity contribution in [1.29, 1.82) is 0 Å². The highest BCUT2D eigenvalue weighted by atomic mass is 35.5. The van der Waals surface area contributed by atoms with Crippen LogP contribution < -0.4 is 0 Å². The largest absolute Gasteiger partial charge is 0.227 e. The third kappa shape index (κ3) is 1.33. The minimum Gasteiger partial charge on any atom is -0.227 e. The van der Waals surface area contributed by atoms with E-state index in [0.717, 1.165) is 12.8 Å². The molecule has 1 saturated carbocycles. The molecule has 1 aliphatic carbocycles. The first-order valence-electron chi connectivity index (χ1n) is 5.89. The van der Waals surface area contributed by atoms with Crippen LogP contribution in [-0.4, -0.2) is 37.8 Å². The zero-order valence-electron chi connectivity index (χ0n) is 9.60. The minimum absolute atomic E-state index is 0.128. The van der Waals surface area contributed by atoms with Gasteiger partial charge in [-0.15, -0.1) is 23.2 Å². The molecule has 0 bridgehead atoms. The first-order chi connectivity index (χ1) is 8.18. The van der Waals surface area contributed by atoms with E-state index in [9.17, 15) is 16.8 Å². The van der Waals surface area contributed by atoms with Crippen molar-refractivity contribution in [3.63, 3.8) is 0 Å². The minimum atomic E-state index is -3.45. The van der Waals surface area contributed by atoms with Crippen molar-refractivity contribution in [3.05, 3.63) is 0 Å². The number of alkyl halides is 2. The molecule has 104 valence electrons. The Hall–Kier alpha value is 0.480. The van der Waals surface area contributed by atoms with E-state index in [2.05, 4.69) is 0 Å². The highest BCUT2D eigenvalue weighted by molar-refractivity contribution is 7.95. The van der Waals surface area contributed by atoms with Crippen molar-refractivity contribution < 1.29 is 16.8 Å². The van der Waals surface area contributed by atoms with Crippen molar-refractivity contribution in [1.82, 2.24) is 0 Å². The zero-order chi connectivity index (χ0) is 13.4. The van der Waals surface area contributed by atoms with Crippen LogP contribution in [-0.2, 0) is 19.7 Å². The first-order valence-corrected chi connectivity index (χ1v) is 10.2. The smallest absolute Gasteiger partial charge is 0.168 e. The van der Waals surface area contributed by atoms with Crippen LogP contribution in [0.3, 0.4) is 0 Å². The summed E-state index contributed by atoms with van der Waals surface area (Å²) in [4.78, 5) is 0. The van der Waals surface area contributed by atoms with Gasteiger partial charge in [-0.3, -0.25) is 0 Å². The molecule has 4 nitrogen and oxygen atoms in total. The predicted octanol–water partition coefficient (Wildman–Crippen LogP) is 1.52. The van der Waals surface area contributed by atoms with E-state index in [1.165, 1.54) is 0 Å². The van der Waals surface area contributed by atoms with Gasteiger partial charge in [0, 0.05) is 10.8 Å². The molecule has 0 unspecified atom stereocenters. The molecule has 8 heteroatoms. The Bertz CT molecular complexity index is 553. The maximum absolute atomic E-state index is 12.1. The Balaban J connectivity index is 2.28. The number of hydrogen-bond donors (Lipinski definition) is 0. The van der Waals surface area contributed by atoms with Crippen molar-refractivity contribution in [3.8, 4) is 0 Å². The van der Waals surface area contributed by atoms with Crippen LogP contribution in [0.5, 0.6) is 0 Å². The summed E-state index contributed by atoms with van der Waals surface area (Å²) < 4.78 is 46.1. The summed E-state index contributed by atoms with van der Waals surface area (Å²) in [7, 11) is -6.90. The second kappa shape index (κ2) is 3.57. The summed E-state index contributed by atoms with van der Waals surface area (Å²) in [5, 5.41) is 0. The van der Waals surface area contributed by atoms with Gasteiger partial charge in [0.2, 0.25) is 0 Å². The van der Waals surface area contributed by atoms with Crippen molar-refractivity contribution in [2.24, 2.45) is 10.8 Å². The van der Waals surface area contributed by atoms with E-state index in [1.807, 2.05) is 0 Å². The van der Waals surface area contributed by atoms with E-state index in [0.29, 0.717) is 12.8 Å². The standard InChI is InChI=1S/C10H14Cl2O4S2/c11-7-10-4-2-1-3-9(10,5-17(7,13)14)6-18(15,16)8(10)12/h7-8H,1-6H2/t7-,8-,9?,10?/m0/s1. The number of sulfone groups is 2. The third-order valence-corrected chi connectivity index (χ3v) is 11.3. The van der Waals surface area contributed by atoms with Crippen LogP contribution in [0.4, 0.5) is 0 Å². The predicted molar refractivity (Wildman–Crippen MR) is 70.2 cm³/mol. The number of hydrogen-bond acceptors (Lipinski definition) is 4. The molecular formula is C10H14Cl2O4S2. The Morgan fingerprint density at radius 2 is 1.28 bits per heavy atom. The van der Waals surface area contributed by atoms with Crippen LogP contribution in [0.15, 0.2) is 0 Å². The monoisotopic (exact) mass is 332 g/mol. The second-order valence-electron chi connectivity index (χ2n) is 5.77. The first kappa shape index (κ1) is 13.5. The topological polar surface area (TPSA) is 68.3 Å². The van der Waals surface area contributed by atoms with Gasteiger partial charge < -0.3 is 0 Å². The van der Waals surface area contributed by atoms with Gasteiger partial charge in [-0.05, 0) is 12.8 Å². The van der Waals surface area contributed by atoms with E-state index in [1.54, 1.807) is 0 Å². The van der Waals surface area contributed by atoms with Crippen LogP contribution in [0.25, 0.3) is 0 Å². The highest BCUT2D eigenvalue weighted by Crippen LogP contribution is 2.69. The summed E-state index contributed by atoms with van der Waals surface area (Å²) in [6.45, 7) is 0. The molecule has 3 aliphatic rings. The molecule has 0 amide bonds. The molecule has 0 spiro atoms. The molecule has 0 aromatic carbocycles. The normalized spacial score (nSPS) is 52.8. The SMILES string of the molecule is O=S1(=O)CC23CCCCC2([C@H]1Cl)[C@@H](Cl)S(=O)(=O)C3. The van der Waals surface area contributed by atoms with Crippen LogP contribution in [0.1, 0.15) is 25.7 Å². The van der Waals surface area contributed by atoms with Gasteiger partial charge in [-0.2, -0.15) is 0 Å². The van der Waals surface area contributed by atoms with Crippen LogP contribution >= 0.6 is 23.2 Å². The third-order valence-electron chi connectivity index (χ3n) is 4.88. The molecule has 0 N–H and O–H groups in total. The maximum atomic E-state index is 12.1. The molecule has 2 heterocycles. The molecule has 3 fully saturated rings. The number of rotatable bonds is 0. The van der Waals surface area contributed by atoms with Gasteiger partial charge in [0.25, 0.3) is 0 Å². The second-order valence-corrected chi connectivity index (χ2v) is 11.3. The van der Waals surface area contributed by atoms with E-state index < -0.39 is 39.9 Å². The quantitative estimate of drug-likeness (QED) is 0.630. The van der Waals surface area contributed by atoms with E-state index >= 15 is 0 Å². The molecular weight excluding hydrogens is 319 g/mol. The van der Waals surface area contributed by atoms with Gasteiger partial charge in [0.15, 0.2) is 19.7 Å². The Kier molecular flexibility index (Phi) is 2.67. The van der Waals surface area contributed by atoms with Gasteiger partial charge in [0.1, 0.15) is 9.42 Å². The lowest BCUT2D eigenvalue weighted by atomic mass is 9.59. The summed E-state index contributed by atoms with van der Waals surface area (Å²) >= 11 is 12.3. The lowest BCUT2D eigenvalue weighted by molar-refractivity contribution is 0.0777. The molecule has 2 atom stereocenters. The zero-order valence-corrected chi connectivity index (χ0v) is 12.7. The lowest BCUT2D eigenvalue weighted by Gasteiger charge is -2.44. The Labute approximate surface area is 117 Å². The molecule has 0 radical (unpaired) electrons. The van der Waals surface area contributed by atoms with E-state index in [4.69, 9.17) is 23.2 Å². The summed E-state index contributed by atoms with van der Waals surface area (Å²) in [6, 6.07) is 0. The molecule has 2 saturated heterocycles. The fourth-order valence-electron chi connectivity index (χ4n) is 4.20. The maximum Gasteiger partial charge on any atom is 0.168 e.